The van der Waals surface area contributed by atoms with Gasteiger partial charge in [-0.25, -0.2) is 0 Å². The normalized spacial score (nSPS) is 10.6. The molecule has 172 valence electrons. The van der Waals surface area contributed by atoms with E-state index in [2.05, 4.69) is 0 Å². The number of aliphatic carboxylic acids is 4. The van der Waals surface area contributed by atoms with Crippen molar-refractivity contribution in [2.24, 2.45) is 0 Å². The fraction of sp³-hybridized carbons (Fsp3) is 0.789. The zero-order valence-corrected chi connectivity index (χ0v) is 17.1. The van der Waals surface area contributed by atoms with Crippen molar-refractivity contribution in [1.29, 1.82) is 0 Å². The number of carboxylic acid groups (broad SMARTS) is 4. The van der Waals surface area contributed by atoms with Gasteiger partial charge in [0.05, 0.1) is 6.10 Å². The van der Waals surface area contributed by atoms with Gasteiger partial charge in [0.15, 0.2) is 0 Å². The van der Waals surface area contributed by atoms with Crippen LogP contribution in [0.15, 0.2) is 0 Å². The summed E-state index contributed by atoms with van der Waals surface area (Å²) in [4.78, 5) is 39.6. The molecule has 0 fully saturated rings. The summed E-state index contributed by atoms with van der Waals surface area (Å²) >= 11 is 0. The molecule has 0 aromatic carbocycles. The lowest BCUT2D eigenvalue weighted by atomic mass is 10.1. The van der Waals surface area contributed by atoms with Crippen LogP contribution in [-0.4, -0.2) is 67.2 Å². The quantitative estimate of drug-likeness (QED) is 0.213. The Morgan fingerprint density at radius 3 is 1.10 bits per heavy atom. The molecule has 0 aliphatic rings. The van der Waals surface area contributed by atoms with Gasteiger partial charge in [0.2, 0.25) is 0 Å². The molecule has 0 spiro atoms. The van der Waals surface area contributed by atoms with E-state index < -0.39 is 23.9 Å². The molecule has 0 aromatic heterocycles. The van der Waals surface area contributed by atoms with Gasteiger partial charge in [0.25, 0.3) is 0 Å². The first kappa shape index (κ1) is 31.5. The van der Waals surface area contributed by atoms with Crippen LogP contribution in [-0.2, 0) is 19.2 Å². The standard InChI is InChI=1S/C7H16O2.2C6H10O4/c1-7(9)5-3-2-4-6-8;2*7-5(8)3-1-2-4-6(9)10/h7-9H,2-6H2,1H3;2*1-4H2,(H,7,8)(H,9,10). The molecule has 0 saturated carbocycles. The van der Waals surface area contributed by atoms with Gasteiger partial charge in [-0.15, -0.1) is 0 Å². The van der Waals surface area contributed by atoms with Crippen molar-refractivity contribution in [1.82, 2.24) is 0 Å². The van der Waals surface area contributed by atoms with Crippen molar-refractivity contribution < 1.29 is 49.8 Å². The lowest BCUT2D eigenvalue weighted by molar-refractivity contribution is -0.139. The number of carboxylic acids is 4. The molecule has 0 bridgehead atoms. The van der Waals surface area contributed by atoms with E-state index in [-0.39, 0.29) is 38.4 Å². The second-order valence-electron chi connectivity index (χ2n) is 6.41. The van der Waals surface area contributed by atoms with Gasteiger partial charge in [-0.2, -0.15) is 0 Å². The van der Waals surface area contributed by atoms with Gasteiger partial charge < -0.3 is 30.6 Å². The first-order valence-corrected chi connectivity index (χ1v) is 9.69. The largest absolute Gasteiger partial charge is 0.481 e. The third kappa shape index (κ3) is 46.1. The van der Waals surface area contributed by atoms with E-state index in [0.717, 1.165) is 25.7 Å². The minimum absolute atomic E-state index is 0.0628. The van der Waals surface area contributed by atoms with Crippen molar-refractivity contribution in [3.63, 3.8) is 0 Å². The molecule has 1 atom stereocenters. The van der Waals surface area contributed by atoms with E-state index in [1.807, 2.05) is 0 Å². The molecule has 0 aromatic rings. The van der Waals surface area contributed by atoms with Crippen LogP contribution in [0.25, 0.3) is 0 Å². The van der Waals surface area contributed by atoms with Crippen LogP contribution in [0.4, 0.5) is 0 Å². The first-order valence-electron chi connectivity index (χ1n) is 9.69. The van der Waals surface area contributed by atoms with Crippen molar-refractivity contribution in [3.8, 4) is 0 Å². The SMILES string of the molecule is CC(O)CCCCCO.O=C(O)CCCCC(=O)O.O=C(O)CCCCC(=O)O. The second kappa shape index (κ2) is 23.8. The fourth-order valence-electron chi connectivity index (χ4n) is 1.83. The average molecular weight is 424 g/mol. The Morgan fingerprint density at radius 1 is 0.586 bits per heavy atom. The van der Waals surface area contributed by atoms with Gasteiger partial charge in [0.1, 0.15) is 0 Å². The Bertz CT molecular complexity index is 371. The van der Waals surface area contributed by atoms with Crippen molar-refractivity contribution in [3.05, 3.63) is 0 Å². The van der Waals surface area contributed by atoms with Crippen LogP contribution < -0.4 is 0 Å². The predicted molar refractivity (Wildman–Crippen MR) is 105 cm³/mol. The lowest BCUT2D eigenvalue weighted by Gasteiger charge is -2.01. The van der Waals surface area contributed by atoms with Crippen molar-refractivity contribution >= 4 is 23.9 Å². The Kier molecular flexibility index (Phi) is 25.9. The molecule has 10 heteroatoms. The van der Waals surface area contributed by atoms with Crippen LogP contribution in [0.1, 0.15) is 84.0 Å². The first-order chi connectivity index (χ1) is 13.5. The van der Waals surface area contributed by atoms with Crippen LogP contribution in [0, 0.1) is 0 Å². The fourth-order valence-corrected chi connectivity index (χ4v) is 1.83. The highest BCUT2D eigenvalue weighted by Crippen LogP contribution is 2.02. The van der Waals surface area contributed by atoms with Gasteiger partial charge >= 0.3 is 23.9 Å². The molecule has 6 N–H and O–H groups in total. The van der Waals surface area contributed by atoms with Gasteiger partial charge in [-0.05, 0) is 45.4 Å². The average Bonchev–Trinajstić information content (AvgIpc) is 2.60. The number of unbranched alkanes of at least 4 members (excludes halogenated alkanes) is 4. The number of aliphatic hydroxyl groups is 2. The molecule has 10 nitrogen and oxygen atoms in total. The minimum atomic E-state index is -0.870. The number of hydrogen-bond acceptors (Lipinski definition) is 6. The Morgan fingerprint density at radius 2 is 0.897 bits per heavy atom. The molecule has 29 heavy (non-hydrogen) atoms. The maximum absolute atomic E-state index is 9.90. The monoisotopic (exact) mass is 424 g/mol. The molecular formula is C19H36O10. The molecule has 0 aliphatic heterocycles. The highest BCUT2D eigenvalue weighted by atomic mass is 16.4. The number of aliphatic hydroxyl groups excluding tert-OH is 2. The number of rotatable bonds is 15. The summed E-state index contributed by atoms with van der Waals surface area (Å²) in [5.74, 6) is -3.48. The molecule has 0 rings (SSSR count). The highest BCUT2D eigenvalue weighted by Gasteiger charge is 2.00. The molecular weight excluding hydrogens is 388 g/mol. The summed E-state index contributed by atoms with van der Waals surface area (Å²) in [6.45, 7) is 2.07. The molecule has 0 saturated heterocycles. The number of hydrogen-bond donors (Lipinski definition) is 6. The third-order valence-corrected chi connectivity index (χ3v) is 3.34. The smallest absolute Gasteiger partial charge is 0.303 e. The van der Waals surface area contributed by atoms with E-state index in [9.17, 15) is 19.2 Å². The summed E-state index contributed by atoms with van der Waals surface area (Å²) in [6, 6.07) is 0. The van der Waals surface area contributed by atoms with Crippen molar-refractivity contribution in [2.45, 2.75) is 90.1 Å². The minimum Gasteiger partial charge on any atom is -0.481 e. The second-order valence-corrected chi connectivity index (χ2v) is 6.41. The molecule has 0 heterocycles. The Hall–Kier alpha value is -2.20. The topological polar surface area (TPSA) is 190 Å². The highest BCUT2D eigenvalue weighted by molar-refractivity contribution is 5.68. The molecule has 0 amide bonds. The predicted octanol–water partition coefficient (Wildman–Crippen LogP) is 2.35. The zero-order valence-electron chi connectivity index (χ0n) is 17.1. The third-order valence-electron chi connectivity index (χ3n) is 3.34. The summed E-state index contributed by atoms with van der Waals surface area (Å²) in [5, 5.41) is 49.7. The Balaban J connectivity index is -0.000000350. The maximum atomic E-state index is 9.90. The van der Waals surface area contributed by atoms with Crippen molar-refractivity contribution in [2.75, 3.05) is 6.61 Å². The number of carbonyl (C=O) groups is 4. The Labute approximate surface area is 171 Å². The van der Waals surface area contributed by atoms with Crippen LogP contribution in [0.3, 0.4) is 0 Å². The molecule has 0 radical (unpaired) electrons. The van der Waals surface area contributed by atoms with E-state index in [1.54, 1.807) is 6.92 Å². The lowest BCUT2D eigenvalue weighted by Crippen LogP contribution is -1.98. The molecule has 0 aliphatic carbocycles. The summed E-state index contributed by atoms with van der Waals surface area (Å²) in [5.41, 5.74) is 0. The van der Waals surface area contributed by atoms with Gasteiger partial charge in [-0.3, -0.25) is 19.2 Å². The molecule has 1 unspecified atom stereocenters. The van der Waals surface area contributed by atoms with Crippen LogP contribution in [0.5, 0.6) is 0 Å². The maximum Gasteiger partial charge on any atom is 0.303 e. The van der Waals surface area contributed by atoms with E-state index in [0.29, 0.717) is 25.7 Å². The van der Waals surface area contributed by atoms with Crippen LogP contribution >= 0.6 is 0 Å². The summed E-state index contributed by atoms with van der Waals surface area (Å²) in [7, 11) is 0. The summed E-state index contributed by atoms with van der Waals surface area (Å²) < 4.78 is 0. The summed E-state index contributed by atoms with van der Waals surface area (Å²) in [6.07, 6.45) is 5.64. The van der Waals surface area contributed by atoms with Gasteiger partial charge in [-0.1, -0.05) is 12.8 Å². The van der Waals surface area contributed by atoms with E-state index in [1.165, 1.54) is 0 Å². The van der Waals surface area contributed by atoms with E-state index >= 15 is 0 Å². The van der Waals surface area contributed by atoms with Gasteiger partial charge in [0, 0.05) is 32.3 Å². The van der Waals surface area contributed by atoms with E-state index in [4.69, 9.17) is 30.6 Å². The van der Waals surface area contributed by atoms with Crippen LogP contribution in [0.2, 0.25) is 0 Å². The zero-order chi connectivity index (χ0) is 23.1.